The van der Waals surface area contributed by atoms with Crippen molar-refractivity contribution >= 4 is 16.7 Å². The smallest absolute Gasteiger partial charge is 0.169 e. The van der Waals surface area contributed by atoms with Crippen molar-refractivity contribution in [2.24, 2.45) is 16.7 Å². The zero-order valence-electron chi connectivity index (χ0n) is 16.9. The van der Waals surface area contributed by atoms with Gasteiger partial charge in [0.25, 0.3) is 0 Å². The molecule has 3 nitrogen and oxygen atoms in total. The third kappa shape index (κ3) is 2.55. The SMILES string of the molecule is CN1CCCC[C@@H]1Cn1cc(C(=O)C2C(C)(C)C2(C)C)c2ccccc21. The molecule has 1 aromatic heterocycles. The van der Waals surface area contributed by atoms with Crippen molar-refractivity contribution in [1.29, 1.82) is 0 Å². The van der Waals surface area contributed by atoms with Gasteiger partial charge in [-0.15, -0.1) is 0 Å². The Hall–Kier alpha value is -1.61. The third-order valence-electron chi connectivity index (χ3n) is 7.67. The first-order chi connectivity index (χ1) is 12.2. The number of rotatable bonds is 4. The van der Waals surface area contributed by atoms with Crippen molar-refractivity contribution in [3.8, 4) is 0 Å². The molecule has 2 heterocycles. The molecule has 26 heavy (non-hydrogen) atoms. The molecule has 0 radical (unpaired) electrons. The molecule has 0 amide bonds. The van der Waals surface area contributed by atoms with E-state index in [1.807, 2.05) is 0 Å². The molecule has 1 aliphatic heterocycles. The summed E-state index contributed by atoms with van der Waals surface area (Å²) in [5, 5.41) is 1.12. The highest BCUT2D eigenvalue weighted by atomic mass is 16.1. The zero-order valence-corrected chi connectivity index (χ0v) is 16.9. The lowest BCUT2D eigenvalue weighted by atomic mass is 10.0. The number of benzene rings is 1. The van der Waals surface area contributed by atoms with Crippen LogP contribution in [0.3, 0.4) is 0 Å². The minimum absolute atomic E-state index is 0.0802. The summed E-state index contributed by atoms with van der Waals surface area (Å²) in [6.07, 6.45) is 5.99. The summed E-state index contributed by atoms with van der Waals surface area (Å²) in [6, 6.07) is 8.99. The molecular weight excluding hydrogens is 320 g/mol. The van der Waals surface area contributed by atoms with Crippen LogP contribution in [0, 0.1) is 16.7 Å². The number of para-hydroxylation sites is 1. The lowest BCUT2D eigenvalue weighted by Crippen LogP contribution is -2.39. The van der Waals surface area contributed by atoms with E-state index in [2.05, 4.69) is 74.7 Å². The predicted octanol–water partition coefficient (Wildman–Crippen LogP) is 4.99. The van der Waals surface area contributed by atoms with Gasteiger partial charge in [-0.2, -0.15) is 0 Å². The number of nitrogens with zero attached hydrogens (tertiary/aromatic N) is 2. The highest BCUT2D eigenvalue weighted by molar-refractivity contribution is 6.11. The molecule has 1 atom stereocenters. The average Bonchev–Trinajstić information content (AvgIpc) is 2.88. The largest absolute Gasteiger partial charge is 0.345 e. The minimum atomic E-state index is 0.0802. The highest BCUT2D eigenvalue weighted by Gasteiger charge is 2.68. The molecule has 1 aromatic carbocycles. The fraction of sp³-hybridized carbons (Fsp3) is 0.609. The Balaban J connectivity index is 1.70. The lowest BCUT2D eigenvalue weighted by molar-refractivity contribution is 0.0946. The summed E-state index contributed by atoms with van der Waals surface area (Å²) in [7, 11) is 2.23. The van der Waals surface area contributed by atoms with Crippen LogP contribution in [0.1, 0.15) is 57.3 Å². The standard InChI is InChI=1S/C23H32N2O/c1-22(2)21(23(22,3)4)20(26)18-15-25(19-12-7-6-11-17(18)19)14-16-10-8-9-13-24(16)5/h6-7,11-12,15-16,21H,8-10,13-14H2,1-5H3/t16-/m1/s1. The second-order valence-electron chi connectivity index (χ2n) is 9.58. The molecule has 3 heteroatoms. The van der Waals surface area contributed by atoms with Gasteiger partial charge in [-0.05, 0) is 43.3 Å². The fourth-order valence-corrected chi connectivity index (χ4v) is 5.20. The molecule has 1 aliphatic carbocycles. The summed E-state index contributed by atoms with van der Waals surface area (Å²) in [5.74, 6) is 0.443. The van der Waals surface area contributed by atoms with Crippen LogP contribution in [-0.2, 0) is 6.54 Å². The van der Waals surface area contributed by atoms with Crippen molar-refractivity contribution in [2.45, 2.75) is 59.5 Å². The van der Waals surface area contributed by atoms with E-state index in [1.54, 1.807) is 0 Å². The Labute approximate surface area is 157 Å². The van der Waals surface area contributed by atoms with Crippen molar-refractivity contribution in [1.82, 2.24) is 9.47 Å². The number of hydrogen-bond acceptors (Lipinski definition) is 2. The number of piperidine rings is 1. The maximum absolute atomic E-state index is 13.4. The second-order valence-corrected chi connectivity index (χ2v) is 9.58. The molecule has 140 valence electrons. The van der Waals surface area contributed by atoms with E-state index in [9.17, 15) is 4.79 Å². The van der Waals surface area contributed by atoms with Gasteiger partial charge in [0.2, 0.25) is 0 Å². The van der Waals surface area contributed by atoms with Gasteiger partial charge in [0.1, 0.15) is 0 Å². The monoisotopic (exact) mass is 352 g/mol. The predicted molar refractivity (Wildman–Crippen MR) is 108 cm³/mol. The van der Waals surface area contributed by atoms with Crippen LogP contribution in [0.2, 0.25) is 0 Å². The third-order valence-corrected chi connectivity index (χ3v) is 7.67. The topological polar surface area (TPSA) is 25.2 Å². The number of likely N-dealkylation sites (N-methyl/N-ethyl adjacent to an activating group) is 1. The molecule has 2 fully saturated rings. The summed E-state index contributed by atoms with van der Waals surface area (Å²) in [6.45, 7) is 11.1. The van der Waals surface area contributed by atoms with Crippen molar-refractivity contribution < 1.29 is 4.79 Å². The first-order valence-corrected chi connectivity index (χ1v) is 10.1. The van der Waals surface area contributed by atoms with Crippen molar-refractivity contribution in [3.63, 3.8) is 0 Å². The summed E-state index contributed by atoms with van der Waals surface area (Å²) < 4.78 is 2.33. The van der Waals surface area contributed by atoms with Crippen LogP contribution >= 0.6 is 0 Å². The van der Waals surface area contributed by atoms with Crippen LogP contribution in [0.5, 0.6) is 0 Å². The Morgan fingerprint density at radius 2 is 1.81 bits per heavy atom. The Morgan fingerprint density at radius 3 is 2.46 bits per heavy atom. The molecule has 1 saturated carbocycles. The molecule has 4 rings (SSSR count). The Bertz CT molecular complexity index is 831. The molecular formula is C23H32N2O. The van der Waals surface area contributed by atoms with Crippen LogP contribution in [0.25, 0.3) is 10.9 Å². The first-order valence-electron chi connectivity index (χ1n) is 10.1. The summed E-state index contributed by atoms with van der Waals surface area (Å²) in [4.78, 5) is 15.9. The molecule has 2 aliphatic rings. The number of likely N-dealkylation sites (tertiary alicyclic amines) is 1. The van der Waals surface area contributed by atoms with E-state index in [0.717, 1.165) is 17.5 Å². The van der Waals surface area contributed by atoms with Crippen LogP contribution in [-0.4, -0.2) is 34.9 Å². The van der Waals surface area contributed by atoms with Gasteiger partial charge in [-0.3, -0.25) is 4.79 Å². The number of carbonyl (C=O) groups is 1. The van der Waals surface area contributed by atoms with Crippen molar-refractivity contribution in [3.05, 3.63) is 36.0 Å². The van der Waals surface area contributed by atoms with Gasteiger partial charge in [0.05, 0.1) is 0 Å². The number of ketones is 1. The van der Waals surface area contributed by atoms with Crippen LogP contribution in [0.15, 0.2) is 30.5 Å². The van der Waals surface area contributed by atoms with Gasteiger partial charge in [0, 0.05) is 41.2 Å². The average molecular weight is 353 g/mol. The minimum Gasteiger partial charge on any atom is -0.345 e. The van der Waals surface area contributed by atoms with E-state index in [1.165, 1.54) is 31.3 Å². The Kier molecular flexibility index (Phi) is 4.07. The van der Waals surface area contributed by atoms with Crippen molar-refractivity contribution in [2.75, 3.05) is 13.6 Å². The molecule has 0 unspecified atom stereocenters. The number of hydrogen-bond donors (Lipinski definition) is 0. The fourth-order valence-electron chi connectivity index (χ4n) is 5.20. The van der Waals surface area contributed by atoms with Gasteiger partial charge in [-0.25, -0.2) is 0 Å². The van der Waals surface area contributed by atoms with Gasteiger partial charge < -0.3 is 9.47 Å². The second kappa shape index (κ2) is 5.95. The van der Waals surface area contributed by atoms with E-state index in [4.69, 9.17) is 0 Å². The molecule has 0 N–H and O–H groups in total. The number of aromatic nitrogens is 1. The van der Waals surface area contributed by atoms with Gasteiger partial charge in [0.15, 0.2) is 5.78 Å². The van der Waals surface area contributed by atoms with E-state index in [0.29, 0.717) is 11.8 Å². The van der Waals surface area contributed by atoms with Gasteiger partial charge >= 0.3 is 0 Å². The van der Waals surface area contributed by atoms with E-state index >= 15 is 0 Å². The van der Waals surface area contributed by atoms with Crippen LogP contribution in [0.4, 0.5) is 0 Å². The zero-order chi connectivity index (χ0) is 18.7. The molecule has 2 aromatic rings. The summed E-state index contributed by atoms with van der Waals surface area (Å²) >= 11 is 0. The number of Topliss-reactive ketones (excluding diaryl/α,β-unsaturated/α-hetero) is 1. The quantitative estimate of drug-likeness (QED) is 0.724. The highest BCUT2D eigenvalue weighted by Crippen LogP contribution is 2.69. The van der Waals surface area contributed by atoms with Crippen LogP contribution < -0.4 is 0 Å². The van der Waals surface area contributed by atoms with E-state index < -0.39 is 0 Å². The molecule has 1 saturated heterocycles. The molecule has 0 spiro atoms. The normalized spacial score (nSPS) is 25.5. The maximum atomic E-state index is 13.4. The lowest BCUT2D eigenvalue weighted by Gasteiger charge is -2.32. The first kappa shape index (κ1) is 17.8. The number of carbonyl (C=O) groups excluding carboxylic acids is 1. The van der Waals surface area contributed by atoms with E-state index in [-0.39, 0.29) is 16.7 Å². The van der Waals surface area contributed by atoms with Gasteiger partial charge in [-0.1, -0.05) is 52.3 Å². The summed E-state index contributed by atoms with van der Waals surface area (Å²) in [5.41, 5.74) is 2.28. The maximum Gasteiger partial charge on any atom is 0.169 e. The Morgan fingerprint density at radius 1 is 1.12 bits per heavy atom. The number of fused-ring (bicyclic) bond motifs is 1. The molecule has 0 bridgehead atoms.